The molecule has 2 atom stereocenters. The monoisotopic (exact) mass is 335 g/mol. The van der Waals surface area contributed by atoms with Crippen LogP contribution in [0.25, 0.3) is 0 Å². The van der Waals surface area contributed by atoms with E-state index in [2.05, 4.69) is 20.4 Å². The number of carbonyl (C=O) groups is 1. The average Bonchev–Trinajstić information content (AvgIpc) is 3.29. The number of hydrogen-bond acceptors (Lipinski definition) is 4. The molecule has 0 unspecified atom stereocenters. The smallest absolute Gasteiger partial charge is 0.317 e. The summed E-state index contributed by atoms with van der Waals surface area (Å²) >= 11 is 0. The van der Waals surface area contributed by atoms with E-state index in [9.17, 15) is 4.79 Å². The van der Waals surface area contributed by atoms with Gasteiger partial charge in [-0.15, -0.1) is 0 Å². The summed E-state index contributed by atoms with van der Waals surface area (Å²) in [6.07, 6.45) is 8.14. The van der Waals surface area contributed by atoms with Crippen molar-refractivity contribution in [1.29, 1.82) is 0 Å². The Morgan fingerprint density at radius 1 is 1.42 bits per heavy atom. The van der Waals surface area contributed by atoms with Crippen LogP contribution in [0, 0.1) is 5.92 Å². The van der Waals surface area contributed by atoms with Gasteiger partial charge < -0.3 is 19.9 Å². The van der Waals surface area contributed by atoms with Crippen LogP contribution in [-0.2, 0) is 4.74 Å². The number of nitrogens with zero attached hydrogens (tertiary/aromatic N) is 3. The zero-order chi connectivity index (χ0) is 16.8. The lowest BCUT2D eigenvalue weighted by Crippen LogP contribution is -2.46. The molecule has 7 heteroatoms. The maximum atomic E-state index is 12.7. The van der Waals surface area contributed by atoms with Crippen molar-refractivity contribution in [3.8, 4) is 0 Å². The maximum Gasteiger partial charge on any atom is 0.317 e. The van der Waals surface area contributed by atoms with Gasteiger partial charge in [-0.2, -0.15) is 5.10 Å². The number of H-pyrrole nitrogens is 1. The van der Waals surface area contributed by atoms with Crippen molar-refractivity contribution in [3.63, 3.8) is 0 Å². The first-order valence-electron chi connectivity index (χ1n) is 9.02. The van der Waals surface area contributed by atoms with Gasteiger partial charge in [0.25, 0.3) is 0 Å². The minimum absolute atomic E-state index is 0.0660. The summed E-state index contributed by atoms with van der Waals surface area (Å²) in [4.78, 5) is 17.1. The molecule has 2 amide bonds. The minimum Gasteiger partial charge on any atom is -0.383 e. The average molecular weight is 335 g/mol. The van der Waals surface area contributed by atoms with E-state index >= 15 is 0 Å². The lowest BCUT2D eigenvalue weighted by molar-refractivity contribution is 0.149. The predicted molar refractivity (Wildman–Crippen MR) is 91.7 cm³/mol. The molecule has 2 aliphatic heterocycles. The van der Waals surface area contributed by atoms with Crippen molar-refractivity contribution in [2.24, 2.45) is 5.92 Å². The Bertz CT molecular complexity index is 507. The van der Waals surface area contributed by atoms with Crippen molar-refractivity contribution >= 4 is 6.03 Å². The molecule has 2 fully saturated rings. The van der Waals surface area contributed by atoms with Crippen LogP contribution in [0.2, 0.25) is 0 Å². The van der Waals surface area contributed by atoms with E-state index in [1.54, 1.807) is 7.11 Å². The van der Waals surface area contributed by atoms with Gasteiger partial charge in [-0.05, 0) is 38.1 Å². The van der Waals surface area contributed by atoms with Crippen LogP contribution in [0.15, 0.2) is 12.4 Å². The van der Waals surface area contributed by atoms with Crippen molar-refractivity contribution in [1.82, 2.24) is 25.3 Å². The highest BCUT2D eigenvalue weighted by Crippen LogP contribution is 2.30. The normalized spacial score (nSPS) is 25.1. The molecule has 0 radical (unpaired) electrons. The summed E-state index contributed by atoms with van der Waals surface area (Å²) in [5.41, 5.74) is 1.11. The van der Waals surface area contributed by atoms with Crippen LogP contribution in [0.5, 0.6) is 0 Å². The number of piperidine rings is 1. The fraction of sp³-hybridized carbons (Fsp3) is 0.765. The van der Waals surface area contributed by atoms with Crippen LogP contribution in [0.4, 0.5) is 4.79 Å². The largest absolute Gasteiger partial charge is 0.383 e. The molecule has 7 nitrogen and oxygen atoms in total. The van der Waals surface area contributed by atoms with Gasteiger partial charge in [0.2, 0.25) is 0 Å². The van der Waals surface area contributed by atoms with Crippen molar-refractivity contribution < 1.29 is 9.53 Å². The van der Waals surface area contributed by atoms with E-state index in [-0.39, 0.29) is 12.1 Å². The molecule has 1 aromatic rings. The van der Waals surface area contributed by atoms with Gasteiger partial charge >= 0.3 is 6.03 Å². The number of likely N-dealkylation sites (tertiary alicyclic amines) is 2. The summed E-state index contributed by atoms with van der Waals surface area (Å²) in [5, 5.41) is 10.1. The number of nitrogens with one attached hydrogen (secondary N) is 2. The second-order valence-electron chi connectivity index (χ2n) is 6.87. The van der Waals surface area contributed by atoms with E-state index in [1.165, 1.54) is 0 Å². The Morgan fingerprint density at radius 3 is 3.12 bits per heavy atom. The maximum absolute atomic E-state index is 12.7. The van der Waals surface area contributed by atoms with Gasteiger partial charge in [0.1, 0.15) is 0 Å². The molecule has 0 aliphatic carbocycles. The molecule has 2 N–H and O–H groups in total. The first-order valence-corrected chi connectivity index (χ1v) is 9.02. The minimum atomic E-state index is 0.0660. The van der Waals surface area contributed by atoms with Crippen molar-refractivity contribution in [2.75, 3.05) is 46.4 Å². The van der Waals surface area contributed by atoms with Crippen LogP contribution >= 0.6 is 0 Å². The fourth-order valence-corrected chi connectivity index (χ4v) is 3.80. The second-order valence-corrected chi connectivity index (χ2v) is 6.87. The SMILES string of the molecule is COCCN1CC[C@H](CNC(=O)N2CCCC[C@H]2c2cn[nH]c2)C1. The molecule has 3 heterocycles. The van der Waals surface area contributed by atoms with E-state index in [0.29, 0.717) is 5.92 Å². The third-order valence-electron chi connectivity index (χ3n) is 5.19. The van der Waals surface area contributed by atoms with E-state index < -0.39 is 0 Å². The predicted octanol–water partition coefficient (Wildman–Crippen LogP) is 1.61. The molecule has 2 saturated heterocycles. The van der Waals surface area contributed by atoms with Crippen LogP contribution in [0.3, 0.4) is 0 Å². The number of amides is 2. The highest BCUT2D eigenvalue weighted by molar-refractivity contribution is 5.74. The number of methoxy groups -OCH3 is 1. The molecule has 0 saturated carbocycles. The van der Waals surface area contributed by atoms with Crippen LogP contribution < -0.4 is 5.32 Å². The quantitative estimate of drug-likeness (QED) is 0.828. The summed E-state index contributed by atoms with van der Waals surface area (Å²) < 4.78 is 5.14. The van der Waals surface area contributed by atoms with Gasteiger partial charge in [-0.1, -0.05) is 0 Å². The first-order chi connectivity index (χ1) is 11.8. The first kappa shape index (κ1) is 17.2. The highest BCUT2D eigenvalue weighted by Gasteiger charge is 2.29. The molecule has 0 bridgehead atoms. The number of aromatic nitrogens is 2. The Hall–Kier alpha value is -1.60. The number of aromatic amines is 1. The van der Waals surface area contributed by atoms with Crippen LogP contribution in [0.1, 0.15) is 37.3 Å². The van der Waals surface area contributed by atoms with Crippen molar-refractivity contribution in [2.45, 2.75) is 31.7 Å². The standard InChI is InChI=1S/C17H29N5O2/c1-24-9-8-21-7-5-14(13-21)10-18-17(23)22-6-3-2-4-16(22)15-11-19-20-12-15/h11-12,14,16H,2-10,13H2,1H3,(H,18,23)(H,19,20)/t14-,16+/m1/s1. The van der Waals surface area contributed by atoms with E-state index in [0.717, 1.165) is 70.6 Å². The molecule has 2 aliphatic rings. The van der Waals surface area contributed by atoms with Gasteiger partial charge in [0.15, 0.2) is 0 Å². The van der Waals surface area contributed by atoms with Gasteiger partial charge in [-0.3, -0.25) is 5.10 Å². The van der Waals surface area contributed by atoms with E-state index in [4.69, 9.17) is 4.74 Å². The molecule has 0 aromatic carbocycles. The molecular formula is C17H29N5O2. The van der Waals surface area contributed by atoms with Gasteiger partial charge in [0, 0.05) is 45.0 Å². The number of hydrogen-bond donors (Lipinski definition) is 2. The number of carbonyl (C=O) groups excluding carboxylic acids is 1. The second kappa shape index (κ2) is 8.48. The van der Waals surface area contributed by atoms with Crippen molar-refractivity contribution in [3.05, 3.63) is 18.0 Å². The molecule has 24 heavy (non-hydrogen) atoms. The van der Waals surface area contributed by atoms with Gasteiger partial charge in [0.05, 0.1) is 18.8 Å². The van der Waals surface area contributed by atoms with Gasteiger partial charge in [-0.25, -0.2) is 4.79 Å². The number of rotatable bonds is 6. The third kappa shape index (κ3) is 4.27. The number of urea groups is 1. The summed E-state index contributed by atoms with van der Waals surface area (Å²) in [6.45, 7) is 5.50. The summed E-state index contributed by atoms with van der Waals surface area (Å²) in [6, 6.07) is 0.218. The Kier molecular flexibility index (Phi) is 6.09. The highest BCUT2D eigenvalue weighted by atomic mass is 16.5. The lowest BCUT2D eigenvalue weighted by Gasteiger charge is -2.35. The lowest BCUT2D eigenvalue weighted by atomic mass is 9.98. The zero-order valence-corrected chi connectivity index (χ0v) is 14.5. The summed E-state index contributed by atoms with van der Waals surface area (Å²) in [7, 11) is 1.74. The Labute approximate surface area is 143 Å². The molecule has 1 aromatic heterocycles. The molecular weight excluding hydrogens is 306 g/mol. The molecule has 134 valence electrons. The van der Waals surface area contributed by atoms with Crippen LogP contribution in [-0.4, -0.2) is 72.5 Å². The number of ether oxygens (including phenoxy) is 1. The zero-order valence-electron chi connectivity index (χ0n) is 14.5. The molecule has 3 rings (SSSR count). The summed E-state index contributed by atoms with van der Waals surface area (Å²) in [5.74, 6) is 0.544. The fourth-order valence-electron chi connectivity index (χ4n) is 3.80. The van der Waals surface area contributed by atoms with E-state index in [1.807, 2.05) is 17.3 Å². The Morgan fingerprint density at radius 2 is 2.33 bits per heavy atom. The third-order valence-corrected chi connectivity index (χ3v) is 5.19. The topological polar surface area (TPSA) is 73.5 Å². The molecule has 0 spiro atoms. The Balaban J connectivity index is 1.47.